The minimum atomic E-state index is -0.157. The number of aromatic nitrogens is 2. The summed E-state index contributed by atoms with van der Waals surface area (Å²) in [6.07, 6.45) is 6.93. The third-order valence-electron chi connectivity index (χ3n) is 6.37. The molecule has 8 heteroatoms. The number of hydrogen-bond acceptors (Lipinski definition) is 6. The molecular formula is C27H32N4O3S. The highest BCUT2D eigenvalue weighted by molar-refractivity contribution is 7.18. The summed E-state index contributed by atoms with van der Waals surface area (Å²) >= 11 is 1.32. The van der Waals surface area contributed by atoms with Gasteiger partial charge in [0.2, 0.25) is 16.9 Å². The summed E-state index contributed by atoms with van der Waals surface area (Å²) in [6.45, 7) is 0.422. The van der Waals surface area contributed by atoms with Gasteiger partial charge in [0, 0.05) is 31.0 Å². The SMILES string of the molecule is COc1cccc(-c2nnc(NC(=O)CCN(C(=O)CCc3ccccc3)C3CCCCC3)s2)c1. The molecule has 7 nitrogen and oxygen atoms in total. The van der Waals surface area contributed by atoms with Crippen LogP contribution in [-0.4, -0.2) is 46.6 Å². The van der Waals surface area contributed by atoms with Crippen LogP contribution >= 0.6 is 11.3 Å². The molecule has 4 rings (SSSR count). The van der Waals surface area contributed by atoms with Crippen molar-refractivity contribution in [3.8, 4) is 16.3 Å². The second kappa shape index (κ2) is 12.4. The van der Waals surface area contributed by atoms with Crippen molar-refractivity contribution in [2.24, 2.45) is 0 Å². The highest BCUT2D eigenvalue weighted by Crippen LogP contribution is 2.29. The first-order valence-corrected chi connectivity index (χ1v) is 13.0. The highest BCUT2D eigenvalue weighted by Gasteiger charge is 2.25. The molecule has 1 aliphatic rings. The lowest BCUT2D eigenvalue weighted by Crippen LogP contribution is -2.43. The lowest BCUT2D eigenvalue weighted by Gasteiger charge is -2.34. The monoisotopic (exact) mass is 492 g/mol. The second-order valence-electron chi connectivity index (χ2n) is 8.81. The zero-order valence-electron chi connectivity index (χ0n) is 20.1. The quantitative estimate of drug-likeness (QED) is 0.413. The van der Waals surface area contributed by atoms with Crippen molar-refractivity contribution in [2.75, 3.05) is 19.0 Å². The first kappa shape index (κ1) is 24.9. The molecule has 0 bridgehead atoms. The van der Waals surface area contributed by atoms with Crippen molar-refractivity contribution in [1.29, 1.82) is 0 Å². The molecule has 35 heavy (non-hydrogen) atoms. The molecule has 0 atom stereocenters. The van der Waals surface area contributed by atoms with Crippen molar-refractivity contribution in [2.45, 2.75) is 57.4 Å². The summed E-state index contributed by atoms with van der Waals surface area (Å²) in [5, 5.41) is 12.3. The molecule has 0 saturated heterocycles. The van der Waals surface area contributed by atoms with Crippen LogP contribution in [0.4, 0.5) is 5.13 Å². The van der Waals surface area contributed by atoms with E-state index in [9.17, 15) is 9.59 Å². The summed E-state index contributed by atoms with van der Waals surface area (Å²) in [6, 6.07) is 17.9. The fourth-order valence-electron chi connectivity index (χ4n) is 4.49. The van der Waals surface area contributed by atoms with E-state index in [2.05, 4.69) is 15.5 Å². The van der Waals surface area contributed by atoms with E-state index in [1.165, 1.54) is 17.8 Å². The van der Waals surface area contributed by atoms with Gasteiger partial charge in [-0.25, -0.2) is 0 Å². The number of rotatable bonds is 10. The minimum absolute atomic E-state index is 0.129. The number of carbonyl (C=O) groups is 2. The fraction of sp³-hybridized carbons (Fsp3) is 0.407. The summed E-state index contributed by atoms with van der Waals surface area (Å²) in [7, 11) is 1.62. The van der Waals surface area contributed by atoms with Gasteiger partial charge in [0.1, 0.15) is 10.8 Å². The summed E-state index contributed by atoms with van der Waals surface area (Å²) in [5.74, 6) is 0.711. The average molecular weight is 493 g/mol. The lowest BCUT2D eigenvalue weighted by molar-refractivity contribution is -0.134. The van der Waals surface area contributed by atoms with Crippen LogP contribution < -0.4 is 10.1 Å². The van der Waals surface area contributed by atoms with Gasteiger partial charge in [-0.1, -0.05) is 73.1 Å². The van der Waals surface area contributed by atoms with E-state index in [0.29, 0.717) is 29.5 Å². The Bertz CT molecular complexity index is 1110. The lowest BCUT2D eigenvalue weighted by atomic mass is 9.93. The Kier molecular flexibility index (Phi) is 8.84. The van der Waals surface area contributed by atoms with Gasteiger partial charge in [-0.15, -0.1) is 10.2 Å². The second-order valence-corrected chi connectivity index (χ2v) is 9.78. The Labute approximate surface area is 210 Å². The number of carbonyl (C=O) groups excluding carboxylic acids is 2. The van der Waals surface area contributed by atoms with E-state index in [1.54, 1.807) is 7.11 Å². The van der Waals surface area contributed by atoms with Gasteiger partial charge in [0.05, 0.1) is 7.11 Å². The van der Waals surface area contributed by atoms with Crippen molar-refractivity contribution >= 4 is 28.3 Å². The van der Waals surface area contributed by atoms with Gasteiger partial charge in [0.15, 0.2) is 0 Å². The molecule has 1 aromatic heterocycles. The van der Waals surface area contributed by atoms with E-state index in [0.717, 1.165) is 42.6 Å². The summed E-state index contributed by atoms with van der Waals surface area (Å²) in [4.78, 5) is 27.8. The van der Waals surface area contributed by atoms with Gasteiger partial charge in [-0.2, -0.15) is 0 Å². The predicted octanol–water partition coefficient (Wildman–Crippen LogP) is 5.34. The molecule has 3 aromatic rings. The molecule has 0 unspecified atom stereocenters. The molecule has 2 aromatic carbocycles. The van der Waals surface area contributed by atoms with Crippen LogP contribution in [0.2, 0.25) is 0 Å². The largest absolute Gasteiger partial charge is 0.497 e. The van der Waals surface area contributed by atoms with Crippen LogP contribution in [0.3, 0.4) is 0 Å². The van der Waals surface area contributed by atoms with E-state index in [1.807, 2.05) is 59.5 Å². The van der Waals surface area contributed by atoms with E-state index >= 15 is 0 Å². The molecule has 184 valence electrons. The van der Waals surface area contributed by atoms with Crippen LogP contribution in [0.1, 0.15) is 50.5 Å². The van der Waals surface area contributed by atoms with Gasteiger partial charge >= 0.3 is 0 Å². The Morgan fingerprint density at radius 3 is 2.60 bits per heavy atom. The molecule has 0 spiro atoms. The molecule has 1 heterocycles. The standard InChI is InChI=1S/C27H32N4O3S/c1-34-23-14-8-11-21(19-23)26-29-30-27(35-26)28-24(32)17-18-31(22-12-6-3-7-13-22)25(33)16-15-20-9-4-2-5-10-20/h2,4-5,8-11,14,19,22H,3,6-7,12-13,15-18H2,1H3,(H,28,30,32). The molecular weight excluding hydrogens is 460 g/mol. The maximum Gasteiger partial charge on any atom is 0.227 e. The van der Waals surface area contributed by atoms with Gasteiger partial charge < -0.3 is 15.0 Å². The predicted molar refractivity (Wildman–Crippen MR) is 138 cm³/mol. The molecule has 1 fully saturated rings. The smallest absolute Gasteiger partial charge is 0.227 e. The number of methoxy groups -OCH3 is 1. The number of anilines is 1. The Morgan fingerprint density at radius 1 is 1.03 bits per heavy atom. The van der Waals surface area contributed by atoms with Crippen LogP contribution in [0, 0.1) is 0 Å². The third kappa shape index (κ3) is 7.11. The van der Waals surface area contributed by atoms with Gasteiger partial charge in [0.25, 0.3) is 0 Å². The van der Waals surface area contributed by atoms with Crippen molar-refractivity contribution in [3.05, 3.63) is 60.2 Å². The maximum absolute atomic E-state index is 13.2. The first-order valence-electron chi connectivity index (χ1n) is 12.2. The maximum atomic E-state index is 13.2. The highest BCUT2D eigenvalue weighted by atomic mass is 32.1. The van der Waals surface area contributed by atoms with Crippen molar-refractivity contribution in [1.82, 2.24) is 15.1 Å². The normalized spacial score (nSPS) is 13.9. The summed E-state index contributed by atoms with van der Waals surface area (Å²) in [5.41, 5.74) is 2.04. The topological polar surface area (TPSA) is 84.4 Å². The van der Waals surface area contributed by atoms with Crippen LogP contribution in [0.15, 0.2) is 54.6 Å². The Morgan fingerprint density at radius 2 is 1.83 bits per heavy atom. The zero-order valence-corrected chi connectivity index (χ0v) is 20.9. The van der Waals surface area contributed by atoms with E-state index in [4.69, 9.17) is 4.74 Å². The number of nitrogens with one attached hydrogen (secondary N) is 1. The number of benzene rings is 2. The van der Waals surface area contributed by atoms with Crippen LogP contribution in [-0.2, 0) is 16.0 Å². The van der Waals surface area contributed by atoms with Gasteiger partial charge in [-0.05, 0) is 37.0 Å². The zero-order chi connectivity index (χ0) is 24.5. The Hall–Kier alpha value is -3.26. The molecule has 1 aliphatic carbocycles. The van der Waals surface area contributed by atoms with Crippen LogP contribution in [0.25, 0.3) is 10.6 Å². The number of nitrogens with zero attached hydrogens (tertiary/aromatic N) is 3. The average Bonchev–Trinajstić information content (AvgIpc) is 3.37. The molecule has 1 saturated carbocycles. The molecule has 1 N–H and O–H groups in total. The molecule has 2 amide bonds. The fourth-order valence-corrected chi connectivity index (χ4v) is 5.25. The van der Waals surface area contributed by atoms with Crippen molar-refractivity contribution in [3.63, 3.8) is 0 Å². The van der Waals surface area contributed by atoms with E-state index in [-0.39, 0.29) is 24.3 Å². The van der Waals surface area contributed by atoms with Crippen molar-refractivity contribution < 1.29 is 14.3 Å². The Balaban J connectivity index is 1.34. The molecule has 0 radical (unpaired) electrons. The molecule has 0 aliphatic heterocycles. The number of hydrogen-bond donors (Lipinski definition) is 1. The number of aryl methyl sites for hydroxylation is 1. The van der Waals surface area contributed by atoms with Gasteiger partial charge in [-0.3, -0.25) is 9.59 Å². The number of ether oxygens (including phenoxy) is 1. The van der Waals surface area contributed by atoms with E-state index < -0.39 is 0 Å². The minimum Gasteiger partial charge on any atom is -0.497 e. The summed E-state index contributed by atoms with van der Waals surface area (Å²) < 4.78 is 5.27. The number of amides is 2. The van der Waals surface area contributed by atoms with Crippen LogP contribution in [0.5, 0.6) is 5.75 Å². The first-order chi connectivity index (χ1) is 17.1. The third-order valence-corrected chi connectivity index (χ3v) is 7.26.